The molecule has 1 aliphatic rings. The van der Waals surface area contributed by atoms with Crippen LogP contribution < -0.4 is 14.8 Å². The monoisotopic (exact) mass is 372 g/mol. The minimum Gasteiger partial charge on any atom is -0.454 e. The Labute approximate surface area is 145 Å². The number of fused-ring (bicyclic) bond motifs is 1. The zero-order valence-corrected chi connectivity index (χ0v) is 13.4. The second-order valence-electron chi connectivity index (χ2n) is 5.29. The lowest BCUT2D eigenvalue weighted by Crippen LogP contribution is -2.25. The fourth-order valence-electron chi connectivity index (χ4n) is 2.22. The summed E-state index contributed by atoms with van der Waals surface area (Å²) in [5.74, 6) is 0.821. The number of pyridine rings is 1. The molecule has 0 bridgehead atoms. The Hall–Kier alpha value is -2.48. The van der Waals surface area contributed by atoms with E-state index < -0.39 is 17.6 Å². The van der Waals surface area contributed by atoms with Crippen LogP contribution in [0.1, 0.15) is 16.8 Å². The summed E-state index contributed by atoms with van der Waals surface area (Å²) in [6, 6.07) is 6.01. The molecule has 0 saturated carbocycles. The van der Waals surface area contributed by atoms with Crippen molar-refractivity contribution in [1.29, 1.82) is 0 Å². The molecule has 1 aromatic carbocycles. The Morgan fingerprint density at radius 2 is 2.00 bits per heavy atom. The van der Waals surface area contributed by atoms with E-state index in [0.717, 1.165) is 11.6 Å². The number of rotatable bonds is 4. The molecule has 2 aromatic rings. The van der Waals surface area contributed by atoms with E-state index in [4.69, 9.17) is 21.1 Å². The first kappa shape index (κ1) is 17.3. The summed E-state index contributed by atoms with van der Waals surface area (Å²) >= 11 is 5.79. The van der Waals surface area contributed by atoms with Crippen molar-refractivity contribution in [3.63, 3.8) is 0 Å². The average molecular weight is 373 g/mol. The molecule has 0 radical (unpaired) electrons. The Morgan fingerprint density at radius 1 is 1.24 bits per heavy atom. The highest BCUT2D eigenvalue weighted by atomic mass is 35.5. The van der Waals surface area contributed by atoms with Crippen molar-refractivity contribution in [3.8, 4) is 11.5 Å². The first-order valence-corrected chi connectivity index (χ1v) is 7.57. The first-order chi connectivity index (χ1) is 11.8. The number of carbonyl (C=O) groups excluding carboxylic acids is 1. The van der Waals surface area contributed by atoms with Crippen molar-refractivity contribution >= 4 is 17.5 Å². The Bertz CT molecular complexity index is 812. The fourth-order valence-corrected chi connectivity index (χ4v) is 2.45. The highest BCUT2D eigenvalue weighted by Gasteiger charge is 2.31. The van der Waals surface area contributed by atoms with Crippen LogP contribution >= 0.6 is 11.6 Å². The van der Waals surface area contributed by atoms with Gasteiger partial charge in [0, 0.05) is 12.7 Å². The van der Waals surface area contributed by atoms with Crippen molar-refractivity contribution in [3.05, 3.63) is 52.3 Å². The SMILES string of the molecule is O=C(Cc1ncc(C(F)(F)F)cc1Cl)NCc1ccc2c(c1)OCO2. The van der Waals surface area contributed by atoms with Crippen LogP contribution in [0.15, 0.2) is 30.5 Å². The number of benzene rings is 1. The molecular formula is C16H12ClF3N2O3. The van der Waals surface area contributed by atoms with Gasteiger partial charge in [-0.2, -0.15) is 13.2 Å². The van der Waals surface area contributed by atoms with Crippen molar-refractivity contribution in [2.24, 2.45) is 0 Å². The number of ether oxygens (including phenoxy) is 2. The number of alkyl halides is 3. The number of hydrogen-bond acceptors (Lipinski definition) is 4. The Balaban J connectivity index is 1.59. The summed E-state index contributed by atoms with van der Waals surface area (Å²) in [7, 11) is 0. The summed E-state index contributed by atoms with van der Waals surface area (Å²) in [5.41, 5.74) is -0.0797. The average Bonchev–Trinajstić information content (AvgIpc) is 3.01. The summed E-state index contributed by atoms with van der Waals surface area (Å²) < 4.78 is 48.1. The maximum absolute atomic E-state index is 12.6. The molecule has 3 rings (SSSR count). The maximum Gasteiger partial charge on any atom is 0.417 e. The van der Waals surface area contributed by atoms with Gasteiger partial charge in [-0.15, -0.1) is 0 Å². The summed E-state index contributed by atoms with van der Waals surface area (Å²) in [5, 5.41) is 2.45. The number of carbonyl (C=O) groups is 1. The molecule has 1 N–H and O–H groups in total. The highest BCUT2D eigenvalue weighted by Crippen LogP contribution is 2.33. The van der Waals surface area contributed by atoms with Gasteiger partial charge in [-0.1, -0.05) is 17.7 Å². The van der Waals surface area contributed by atoms with Gasteiger partial charge in [0.2, 0.25) is 12.7 Å². The molecule has 1 aromatic heterocycles. The predicted octanol–water partition coefficient (Wildman–Crippen LogP) is 3.34. The van der Waals surface area contributed by atoms with E-state index in [1.54, 1.807) is 18.2 Å². The normalized spacial score (nSPS) is 13.0. The van der Waals surface area contributed by atoms with Gasteiger partial charge in [-0.05, 0) is 23.8 Å². The molecule has 25 heavy (non-hydrogen) atoms. The lowest BCUT2D eigenvalue weighted by molar-refractivity contribution is -0.137. The van der Waals surface area contributed by atoms with E-state index in [2.05, 4.69) is 10.3 Å². The number of halogens is 4. The van der Waals surface area contributed by atoms with Crippen LogP contribution in [0, 0.1) is 0 Å². The van der Waals surface area contributed by atoms with Crippen LogP contribution in [-0.4, -0.2) is 17.7 Å². The minimum atomic E-state index is -4.53. The Morgan fingerprint density at radius 3 is 2.72 bits per heavy atom. The standard InChI is InChI=1S/C16H12ClF3N2O3/c17-11-4-10(16(18,19)20)7-21-12(11)5-15(23)22-6-9-1-2-13-14(3-9)25-8-24-13/h1-4,7H,5-6,8H2,(H,22,23). The summed E-state index contributed by atoms with van der Waals surface area (Å²) in [6.45, 7) is 0.386. The molecule has 2 heterocycles. The zero-order valence-electron chi connectivity index (χ0n) is 12.7. The molecule has 1 amide bonds. The van der Waals surface area contributed by atoms with E-state index in [0.29, 0.717) is 17.7 Å². The largest absolute Gasteiger partial charge is 0.454 e. The van der Waals surface area contributed by atoms with Crippen molar-refractivity contribution in [2.75, 3.05) is 6.79 Å². The van der Waals surface area contributed by atoms with Crippen LogP contribution in [0.2, 0.25) is 5.02 Å². The lowest BCUT2D eigenvalue weighted by atomic mass is 10.2. The molecule has 0 aliphatic carbocycles. The zero-order chi connectivity index (χ0) is 18.0. The second kappa shape index (κ2) is 6.79. The first-order valence-electron chi connectivity index (χ1n) is 7.20. The van der Waals surface area contributed by atoms with Gasteiger partial charge in [0.1, 0.15) is 0 Å². The second-order valence-corrected chi connectivity index (χ2v) is 5.70. The van der Waals surface area contributed by atoms with Crippen LogP contribution in [-0.2, 0) is 23.9 Å². The Kier molecular flexibility index (Phi) is 4.71. The molecule has 0 spiro atoms. The van der Waals surface area contributed by atoms with E-state index in [1.807, 2.05) is 0 Å². The van der Waals surface area contributed by atoms with Gasteiger partial charge in [0.05, 0.1) is 22.7 Å². The lowest BCUT2D eigenvalue weighted by Gasteiger charge is -2.10. The number of amides is 1. The van der Waals surface area contributed by atoms with Gasteiger partial charge >= 0.3 is 6.18 Å². The van der Waals surface area contributed by atoms with Gasteiger partial charge in [-0.3, -0.25) is 9.78 Å². The van der Waals surface area contributed by atoms with Crippen LogP contribution in [0.3, 0.4) is 0 Å². The molecule has 0 saturated heterocycles. The number of nitrogens with one attached hydrogen (secondary N) is 1. The molecule has 5 nitrogen and oxygen atoms in total. The third kappa shape index (κ3) is 4.14. The minimum absolute atomic E-state index is 0.0813. The highest BCUT2D eigenvalue weighted by molar-refractivity contribution is 6.31. The maximum atomic E-state index is 12.6. The number of hydrogen-bond donors (Lipinski definition) is 1. The van der Waals surface area contributed by atoms with Crippen molar-refractivity contribution in [1.82, 2.24) is 10.3 Å². The summed E-state index contributed by atoms with van der Waals surface area (Å²) in [6.07, 6.45) is -4.09. The van der Waals surface area contributed by atoms with Gasteiger partial charge in [-0.25, -0.2) is 0 Å². The van der Waals surface area contributed by atoms with Crippen molar-refractivity contribution < 1.29 is 27.4 Å². The molecule has 0 atom stereocenters. The van der Waals surface area contributed by atoms with Crippen LogP contribution in [0.4, 0.5) is 13.2 Å². The van der Waals surface area contributed by atoms with Crippen LogP contribution in [0.25, 0.3) is 0 Å². The molecule has 9 heteroatoms. The van der Waals surface area contributed by atoms with Crippen LogP contribution in [0.5, 0.6) is 11.5 Å². The van der Waals surface area contributed by atoms with Gasteiger partial charge in [0.15, 0.2) is 11.5 Å². The van der Waals surface area contributed by atoms with Gasteiger partial charge < -0.3 is 14.8 Å². The van der Waals surface area contributed by atoms with Gasteiger partial charge in [0.25, 0.3) is 0 Å². The topological polar surface area (TPSA) is 60.5 Å². The van der Waals surface area contributed by atoms with E-state index in [9.17, 15) is 18.0 Å². The summed E-state index contributed by atoms with van der Waals surface area (Å²) in [4.78, 5) is 15.6. The third-order valence-corrected chi connectivity index (χ3v) is 3.83. The predicted molar refractivity (Wildman–Crippen MR) is 82.4 cm³/mol. The molecular weight excluding hydrogens is 361 g/mol. The smallest absolute Gasteiger partial charge is 0.417 e. The third-order valence-electron chi connectivity index (χ3n) is 3.50. The molecule has 0 fully saturated rings. The number of aromatic nitrogens is 1. The fraction of sp³-hybridized carbons (Fsp3) is 0.250. The van der Waals surface area contributed by atoms with E-state index in [-0.39, 0.29) is 30.5 Å². The molecule has 132 valence electrons. The molecule has 0 unspecified atom stereocenters. The van der Waals surface area contributed by atoms with Crippen molar-refractivity contribution in [2.45, 2.75) is 19.1 Å². The number of nitrogens with zero attached hydrogens (tertiary/aromatic N) is 1. The van der Waals surface area contributed by atoms with E-state index in [1.165, 1.54) is 0 Å². The quantitative estimate of drug-likeness (QED) is 0.894. The van der Waals surface area contributed by atoms with E-state index >= 15 is 0 Å². The molecule has 1 aliphatic heterocycles.